The van der Waals surface area contributed by atoms with E-state index in [1.165, 1.54) is 4.90 Å². The lowest BCUT2D eigenvalue weighted by atomic mass is 10.1. The quantitative estimate of drug-likeness (QED) is 0.781. The van der Waals surface area contributed by atoms with Gasteiger partial charge in [0.2, 0.25) is 0 Å². The van der Waals surface area contributed by atoms with Crippen LogP contribution in [0.3, 0.4) is 0 Å². The molecule has 9 heteroatoms. The first-order valence-corrected chi connectivity index (χ1v) is 8.43. The number of alkyl halides is 3. The molecule has 1 aromatic heterocycles. The van der Waals surface area contributed by atoms with Crippen LogP contribution in [0.5, 0.6) is 0 Å². The predicted octanol–water partition coefficient (Wildman–Crippen LogP) is 1.61. The summed E-state index contributed by atoms with van der Waals surface area (Å²) < 4.78 is 62.2. The average molecular weight is 336 g/mol. The molecule has 1 aromatic rings. The Morgan fingerprint density at radius 2 is 2.09 bits per heavy atom. The van der Waals surface area contributed by atoms with Crippen molar-refractivity contribution in [3.05, 3.63) is 29.6 Å². The zero-order valence-corrected chi connectivity index (χ0v) is 12.6. The van der Waals surface area contributed by atoms with Crippen molar-refractivity contribution in [1.29, 1.82) is 0 Å². The SMILES string of the molecule is C[C@H]1CN(C(=O)c2ccncc2C(F)(F)F)CCS(=O)(=O)C1. The lowest BCUT2D eigenvalue weighted by Crippen LogP contribution is -2.36. The summed E-state index contributed by atoms with van der Waals surface area (Å²) in [5.41, 5.74) is -1.62. The van der Waals surface area contributed by atoms with E-state index in [1.807, 2.05) is 0 Å². The zero-order chi connectivity index (χ0) is 16.5. The first kappa shape index (κ1) is 16.7. The normalized spacial score (nSPS) is 22.2. The molecule has 0 radical (unpaired) electrons. The molecule has 0 saturated carbocycles. The number of hydrogen-bond acceptors (Lipinski definition) is 4. The summed E-state index contributed by atoms with van der Waals surface area (Å²) in [7, 11) is -3.28. The van der Waals surface area contributed by atoms with Crippen LogP contribution in [0, 0.1) is 5.92 Å². The maximum atomic E-state index is 12.9. The van der Waals surface area contributed by atoms with Crippen LogP contribution in [0.25, 0.3) is 0 Å². The Hall–Kier alpha value is -1.64. The van der Waals surface area contributed by atoms with Crippen molar-refractivity contribution < 1.29 is 26.4 Å². The number of pyridine rings is 1. The molecule has 1 fully saturated rings. The van der Waals surface area contributed by atoms with E-state index in [0.717, 1.165) is 12.3 Å². The molecule has 1 aliphatic heterocycles. The molecule has 1 aliphatic rings. The van der Waals surface area contributed by atoms with E-state index in [9.17, 15) is 26.4 Å². The molecule has 5 nitrogen and oxygen atoms in total. The van der Waals surface area contributed by atoms with Crippen LogP contribution in [-0.2, 0) is 16.0 Å². The molecule has 122 valence electrons. The number of amides is 1. The van der Waals surface area contributed by atoms with Crippen LogP contribution in [-0.4, -0.2) is 48.8 Å². The van der Waals surface area contributed by atoms with E-state index in [1.54, 1.807) is 6.92 Å². The van der Waals surface area contributed by atoms with Crippen molar-refractivity contribution in [3.8, 4) is 0 Å². The molecule has 1 amide bonds. The van der Waals surface area contributed by atoms with Gasteiger partial charge < -0.3 is 4.90 Å². The molecule has 0 spiro atoms. The third-order valence-corrected chi connectivity index (χ3v) is 5.27. The third kappa shape index (κ3) is 3.76. The Kier molecular flexibility index (Phi) is 4.46. The molecule has 0 N–H and O–H groups in total. The largest absolute Gasteiger partial charge is 0.418 e. The minimum atomic E-state index is -4.69. The van der Waals surface area contributed by atoms with Gasteiger partial charge in [0, 0.05) is 25.5 Å². The van der Waals surface area contributed by atoms with Gasteiger partial charge in [-0.15, -0.1) is 0 Å². The number of rotatable bonds is 1. The van der Waals surface area contributed by atoms with Gasteiger partial charge >= 0.3 is 6.18 Å². The van der Waals surface area contributed by atoms with Gasteiger partial charge in [-0.2, -0.15) is 13.2 Å². The molecule has 1 saturated heterocycles. The minimum absolute atomic E-state index is 0.0702. The van der Waals surface area contributed by atoms with Gasteiger partial charge in [0.15, 0.2) is 9.84 Å². The number of aromatic nitrogens is 1. The number of sulfone groups is 1. The highest BCUT2D eigenvalue weighted by atomic mass is 32.2. The van der Waals surface area contributed by atoms with Gasteiger partial charge in [-0.25, -0.2) is 8.42 Å². The second kappa shape index (κ2) is 5.86. The molecule has 2 heterocycles. The van der Waals surface area contributed by atoms with Crippen molar-refractivity contribution >= 4 is 15.7 Å². The highest BCUT2D eigenvalue weighted by Crippen LogP contribution is 2.32. The van der Waals surface area contributed by atoms with Gasteiger partial charge in [0.1, 0.15) is 0 Å². The second-order valence-electron chi connectivity index (χ2n) is 5.39. The van der Waals surface area contributed by atoms with Crippen molar-refractivity contribution in [2.24, 2.45) is 5.92 Å². The molecular weight excluding hydrogens is 321 g/mol. The molecular formula is C13H15F3N2O3S. The summed E-state index contributed by atoms with van der Waals surface area (Å²) in [6.45, 7) is 1.66. The van der Waals surface area contributed by atoms with Crippen LogP contribution < -0.4 is 0 Å². The number of halogens is 3. The topological polar surface area (TPSA) is 67.3 Å². The fraction of sp³-hybridized carbons (Fsp3) is 0.538. The number of hydrogen-bond donors (Lipinski definition) is 0. The van der Waals surface area contributed by atoms with Crippen molar-refractivity contribution in [2.75, 3.05) is 24.6 Å². The minimum Gasteiger partial charge on any atom is -0.337 e. The Balaban J connectivity index is 2.33. The lowest BCUT2D eigenvalue weighted by molar-refractivity contribution is -0.138. The third-order valence-electron chi connectivity index (χ3n) is 3.39. The summed E-state index contributed by atoms with van der Waals surface area (Å²) in [5, 5.41) is 0. The first-order valence-electron chi connectivity index (χ1n) is 6.61. The standard InChI is InChI=1S/C13H15F3N2O3S/c1-9-7-18(4-5-22(20,21)8-9)12(19)10-2-3-17-6-11(10)13(14,15)16/h2-3,6,9H,4-5,7-8H2,1H3/t9-/m0/s1. The Morgan fingerprint density at radius 3 is 2.73 bits per heavy atom. The maximum Gasteiger partial charge on any atom is 0.418 e. The molecule has 22 heavy (non-hydrogen) atoms. The molecule has 2 rings (SSSR count). The highest BCUT2D eigenvalue weighted by Gasteiger charge is 2.37. The number of carbonyl (C=O) groups excluding carboxylic acids is 1. The van der Waals surface area contributed by atoms with Crippen molar-refractivity contribution in [3.63, 3.8) is 0 Å². The van der Waals surface area contributed by atoms with E-state index in [4.69, 9.17) is 0 Å². The Morgan fingerprint density at radius 1 is 1.41 bits per heavy atom. The van der Waals surface area contributed by atoms with Crippen molar-refractivity contribution in [2.45, 2.75) is 13.1 Å². The molecule has 1 atom stereocenters. The highest BCUT2D eigenvalue weighted by molar-refractivity contribution is 7.91. The van der Waals surface area contributed by atoms with Gasteiger partial charge in [0.05, 0.1) is 22.6 Å². The van der Waals surface area contributed by atoms with Gasteiger partial charge in [-0.05, 0) is 12.0 Å². The van der Waals surface area contributed by atoms with Gasteiger partial charge in [0.25, 0.3) is 5.91 Å². The summed E-state index contributed by atoms with van der Waals surface area (Å²) in [6.07, 6.45) is -2.98. The van der Waals surface area contributed by atoms with Crippen molar-refractivity contribution in [1.82, 2.24) is 9.88 Å². The van der Waals surface area contributed by atoms with Crippen LogP contribution in [0.1, 0.15) is 22.8 Å². The van der Waals surface area contributed by atoms with Crippen LogP contribution in [0.4, 0.5) is 13.2 Å². The molecule has 0 aromatic carbocycles. The second-order valence-corrected chi connectivity index (χ2v) is 7.62. The maximum absolute atomic E-state index is 12.9. The average Bonchev–Trinajstić information content (AvgIpc) is 2.54. The lowest BCUT2D eigenvalue weighted by Gasteiger charge is -2.23. The monoisotopic (exact) mass is 336 g/mol. The smallest absolute Gasteiger partial charge is 0.337 e. The Labute approximate surface area is 126 Å². The van der Waals surface area contributed by atoms with E-state index in [0.29, 0.717) is 6.20 Å². The van der Waals surface area contributed by atoms with E-state index < -0.39 is 33.0 Å². The summed E-state index contributed by atoms with van der Waals surface area (Å²) in [6, 6.07) is 1.01. The van der Waals surface area contributed by atoms with Crippen LogP contribution >= 0.6 is 0 Å². The molecule has 0 bridgehead atoms. The fourth-order valence-electron chi connectivity index (χ4n) is 2.45. The van der Waals surface area contributed by atoms with E-state index in [2.05, 4.69) is 4.98 Å². The summed E-state index contributed by atoms with van der Waals surface area (Å²) in [5.74, 6) is -1.46. The Bertz CT molecular complexity index is 673. The number of carbonyl (C=O) groups is 1. The molecule has 0 unspecified atom stereocenters. The van der Waals surface area contributed by atoms with Crippen LogP contribution in [0.2, 0.25) is 0 Å². The summed E-state index contributed by atoms with van der Waals surface area (Å²) in [4.78, 5) is 17.0. The van der Waals surface area contributed by atoms with E-state index >= 15 is 0 Å². The predicted molar refractivity (Wildman–Crippen MR) is 73.0 cm³/mol. The first-order chi connectivity index (χ1) is 10.1. The zero-order valence-electron chi connectivity index (χ0n) is 11.8. The fourth-order valence-corrected chi connectivity index (χ4v) is 4.09. The van der Waals surface area contributed by atoms with E-state index in [-0.39, 0.29) is 30.5 Å². The van der Waals surface area contributed by atoms with Gasteiger partial charge in [-0.1, -0.05) is 6.92 Å². The summed E-state index contributed by atoms with van der Waals surface area (Å²) >= 11 is 0. The molecule has 0 aliphatic carbocycles. The number of nitrogens with zero attached hydrogens (tertiary/aromatic N) is 2. The van der Waals surface area contributed by atoms with Gasteiger partial charge in [-0.3, -0.25) is 9.78 Å². The van der Waals surface area contributed by atoms with Crippen LogP contribution in [0.15, 0.2) is 18.5 Å².